The van der Waals surface area contributed by atoms with Gasteiger partial charge < -0.3 is 14.5 Å². The predicted octanol–water partition coefficient (Wildman–Crippen LogP) is 3.58. The lowest BCUT2D eigenvalue weighted by Crippen LogP contribution is -2.00. The molecule has 19 heavy (non-hydrogen) atoms. The molecule has 0 amide bonds. The number of nitrogens with one attached hydrogen (secondary N) is 1. The van der Waals surface area contributed by atoms with E-state index in [1.807, 2.05) is 32.0 Å². The van der Waals surface area contributed by atoms with E-state index in [2.05, 4.69) is 31.4 Å². The molecule has 1 N–H and O–H groups in total. The van der Waals surface area contributed by atoms with Gasteiger partial charge in [0, 0.05) is 12.5 Å². The average Bonchev–Trinajstić information content (AvgIpc) is 2.85. The Kier molecular flexibility index (Phi) is 4.42. The third kappa shape index (κ3) is 3.47. The maximum absolute atomic E-state index is 5.47. The van der Waals surface area contributed by atoms with E-state index in [9.17, 15) is 0 Å². The zero-order valence-electron chi connectivity index (χ0n) is 11.1. The van der Waals surface area contributed by atoms with Gasteiger partial charge in [-0.3, -0.25) is 0 Å². The zero-order valence-corrected chi connectivity index (χ0v) is 12.7. The SMILES string of the molecule is COc1ccc(CNc2nnc(C(C)C)o2)cc1Br. The lowest BCUT2D eigenvalue weighted by atomic mass is 10.2. The van der Waals surface area contributed by atoms with Crippen molar-refractivity contribution < 1.29 is 9.15 Å². The standard InChI is InChI=1S/C13H16BrN3O2/c1-8(2)12-16-17-13(19-12)15-7-9-4-5-11(18-3)10(14)6-9/h4-6,8H,7H2,1-3H3,(H,15,17). The van der Waals surface area contributed by atoms with Crippen LogP contribution < -0.4 is 10.1 Å². The second kappa shape index (κ2) is 6.06. The second-order valence-corrected chi connectivity index (χ2v) is 5.28. The van der Waals surface area contributed by atoms with Crippen molar-refractivity contribution in [3.8, 4) is 5.75 Å². The number of hydrogen-bond acceptors (Lipinski definition) is 5. The molecule has 6 heteroatoms. The van der Waals surface area contributed by atoms with Crippen LogP contribution in [0.3, 0.4) is 0 Å². The first kappa shape index (κ1) is 13.9. The molecule has 0 aliphatic rings. The van der Waals surface area contributed by atoms with Crippen molar-refractivity contribution in [2.24, 2.45) is 0 Å². The summed E-state index contributed by atoms with van der Waals surface area (Å²) in [5.41, 5.74) is 1.09. The minimum atomic E-state index is 0.234. The van der Waals surface area contributed by atoms with Gasteiger partial charge in [-0.15, -0.1) is 5.10 Å². The summed E-state index contributed by atoms with van der Waals surface area (Å²) in [7, 11) is 1.64. The molecular formula is C13H16BrN3O2. The van der Waals surface area contributed by atoms with Gasteiger partial charge in [-0.2, -0.15) is 0 Å². The largest absolute Gasteiger partial charge is 0.496 e. The molecule has 2 aromatic rings. The van der Waals surface area contributed by atoms with E-state index in [4.69, 9.17) is 9.15 Å². The molecular weight excluding hydrogens is 310 g/mol. The first-order chi connectivity index (χ1) is 9.10. The van der Waals surface area contributed by atoms with Crippen molar-refractivity contribution in [2.45, 2.75) is 26.3 Å². The van der Waals surface area contributed by atoms with Crippen molar-refractivity contribution >= 4 is 21.9 Å². The van der Waals surface area contributed by atoms with Crippen LogP contribution in [0, 0.1) is 0 Å². The molecule has 1 aromatic heterocycles. The van der Waals surface area contributed by atoms with E-state index >= 15 is 0 Å². The van der Waals surface area contributed by atoms with Gasteiger partial charge in [-0.25, -0.2) is 0 Å². The molecule has 0 fully saturated rings. The summed E-state index contributed by atoms with van der Waals surface area (Å²) in [6, 6.07) is 6.33. The highest BCUT2D eigenvalue weighted by molar-refractivity contribution is 9.10. The quantitative estimate of drug-likeness (QED) is 0.910. The highest BCUT2D eigenvalue weighted by Crippen LogP contribution is 2.25. The molecule has 0 saturated heterocycles. The number of nitrogens with zero attached hydrogens (tertiary/aromatic N) is 2. The predicted molar refractivity (Wildman–Crippen MR) is 76.4 cm³/mol. The van der Waals surface area contributed by atoms with Crippen molar-refractivity contribution in [2.75, 3.05) is 12.4 Å². The Morgan fingerprint density at radius 2 is 2.16 bits per heavy atom. The lowest BCUT2D eigenvalue weighted by molar-refractivity contribution is 0.412. The maximum atomic E-state index is 5.47. The number of rotatable bonds is 5. The molecule has 102 valence electrons. The summed E-state index contributed by atoms with van der Waals surface area (Å²) < 4.78 is 11.6. The number of hydrogen-bond donors (Lipinski definition) is 1. The molecule has 0 atom stereocenters. The van der Waals surface area contributed by atoms with Crippen LogP contribution in [0.1, 0.15) is 31.2 Å². The Hall–Kier alpha value is -1.56. The summed E-state index contributed by atoms with van der Waals surface area (Å²) in [4.78, 5) is 0. The fraction of sp³-hybridized carbons (Fsp3) is 0.385. The van der Waals surface area contributed by atoms with Gasteiger partial charge in [0.15, 0.2) is 0 Å². The second-order valence-electron chi connectivity index (χ2n) is 4.42. The number of ether oxygens (including phenoxy) is 1. The highest BCUT2D eigenvalue weighted by Gasteiger charge is 2.09. The molecule has 0 aliphatic carbocycles. The van der Waals surface area contributed by atoms with Gasteiger partial charge in [-0.05, 0) is 33.6 Å². The molecule has 0 saturated carbocycles. The fourth-order valence-electron chi connectivity index (χ4n) is 1.54. The van der Waals surface area contributed by atoms with E-state index in [0.717, 1.165) is 15.8 Å². The van der Waals surface area contributed by atoms with Crippen LogP contribution in [0.5, 0.6) is 5.75 Å². The highest BCUT2D eigenvalue weighted by atomic mass is 79.9. The van der Waals surface area contributed by atoms with Gasteiger partial charge in [-0.1, -0.05) is 25.0 Å². The van der Waals surface area contributed by atoms with Crippen molar-refractivity contribution in [1.82, 2.24) is 10.2 Å². The average molecular weight is 326 g/mol. The van der Waals surface area contributed by atoms with Crippen LogP contribution in [0.15, 0.2) is 27.1 Å². The zero-order chi connectivity index (χ0) is 13.8. The number of methoxy groups -OCH3 is 1. The summed E-state index contributed by atoms with van der Waals surface area (Å²) in [6.45, 7) is 4.64. The van der Waals surface area contributed by atoms with Crippen LogP contribution in [0.25, 0.3) is 0 Å². The topological polar surface area (TPSA) is 60.2 Å². The first-order valence-corrected chi connectivity index (χ1v) is 6.79. The Labute approximate surface area is 120 Å². The molecule has 0 spiro atoms. The van der Waals surface area contributed by atoms with E-state index < -0.39 is 0 Å². The lowest BCUT2D eigenvalue weighted by Gasteiger charge is -2.06. The van der Waals surface area contributed by atoms with Gasteiger partial charge in [0.25, 0.3) is 0 Å². The van der Waals surface area contributed by atoms with E-state index in [1.54, 1.807) is 7.11 Å². The number of aromatic nitrogens is 2. The van der Waals surface area contributed by atoms with Crippen molar-refractivity contribution in [3.63, 3.8) is 0 Å². The monoisotopic (exact) mass is 325 g/mol. The van der Waals surface area contributed by atoms with Crippen molar-refractivity contribution in [3.05, 3.63) is 34.1 Å². The molecule has 0 unspecified atom stereocenters. The molecule has 0 radical (unpaired) electrons. The van der Waals surface area contributed by atoms with E-state index in [0.29, 0.717) is 18.5 Å². The molecule has 1 heterocycles. The summed E-state index contributed by atoms with van der Waals surface area (Å²) >= 11 is 3.45. The van der Waals surface area contributed by atoms with Crippen LogP contribution in [0.4, 0.5) is 6.01 Å². The van der Waals surface area contributed by atoms with E-state index in [-0.39, 0.29) is 5.92 Å². The molecule has 5 nitrogen and oxygen atoms in total. The van der Waals surface area contributed by atoms with E-state index in [1.165, 1.54) is 0 Å². The third-order valence-corrected chi connectivity index (χ3v) is 3.21. The Morgan fingerprint density at radius 3 is 2.74 bits per heavy atom. The molecule has 2 rings (SSSR count). The number of anilines is 1. The van der Waals surface area contributed by atoms with Crippen LogP contribution >= 0.6 is 15.9 Å². The van der Waals surface area contributed by atoms with Gasteiger partial charge in [0.05, 0.1) is 11.6 Å². The van der Waals surface area contributed by atoms with Gasteiger partial charge in [0.1, 0.15) is 5.75 Å². The molecule has 0 aliphatic heterocycles. The van der Waals surface area contributed by atoms with Gasteiger partial charge >= 0.3 is 6.01 Å². The van der Waals surface area contributed by atoms with Crippen LogP contribution in [-0.2, 0) is 6.54 Å². The van der Waals surface area contributed by atoms with Crippen LogP contribution in [-0.4, -0.2) is 17.3 Å². The minimum absolute atomic E-state index is 0.234. The Bertz CT molecular complexity index is 555. The van der Waals surface area contributed by atoms with Gasteiger partial charge in [0.2, 0.25) is 5.89 Å². The molecule has 1 aromatic carbocycles. The number of benzene rings is 1. The fourth-order valence-corrected chi connectivity index (χ4v) is 2.12. The minimum Gasteiger partial charge on any atom is -0.496 e. The smallest absolute Gasteiger partial charge is 0.315 e. The number of halogens is 1. The van der Waals surface area contributed by atoms with Crippen LogP contribution in [0.2, 0.25) is 0 Å². The first-order valence-electron chi connectivity index (χ1n) is 6.00. The summed E-state index contributed by atoms with van der Waals surface area (Å²) in [5.74, 6) is 1.68. The third-order valence-electron chi connectivity index (χ3n) is 2.59. The summed E-state index contributed by atoms with van der Waals surface area (Å²) in [6.07, 6.45) is 0. The summed E-state index contributed by atoms with van der Waals surface area (Å²) in [5, 5.41) is 11.0. The maximum Gasteiger partial charge on any atom is 0.315 e. The normalized spacial score (nSPS) is 10.8. The van der Waals surface area contributed by atoms with Crippen molar-refractivity contribution in [1.29, 1.82) is 0 Å². The Morgan fingerprint density at radius 1 is 1.37 bits per heavy atom. The Balaban J connectivity index is 1.99. The molecule has 0 bridgehead atoms.